The first-order valence-electron chi connectivity index (χ1n) is 21.0. The number of amides is 4. The van der Waals surface area contributed by atoms with Crippen LogP contribution in [-0.2, 0) is 25.7 Å². The van der Waals surface area contributed by atoms with Crippen molar-refractivity contribution in [1.82, 2.24) is 40.4 Å². The minimum absolute atomic E-state index is 0.0707. The highest BCUT2D eigenvalue weighted by atomic mass is 16.5. The van der Waals surface area contributed by atoms with Crippen LogP contribution in [0.3, 0.4) is 0 Å². The van der Waals surface area contributed by atoms with E-state index < -0.39 is 24.3 Å². The molecule has 0 aliphatic carbocycles. The van der Waals surface area contributed by atoms with Crippen molar-refractivity contribution in [3.05, 3.63) is 65.9 Å². The Morgan fingerprint density at radius 2 is 1.69 bits per heavy atom. The summed E-state index contributed by atoms with van der Waals surface area (Å²) in [7, 11) is 2.93. The van der Waals surface area contributed by atoms with Crippen molar-refractivity contribution in [2.45, 2.75) is 90.7 Å². The molecular formula is C45H54N8O8. The number of aromatic nitrogens is 4. The number of imidazole rings is 2. The van der Waals surface area contributed by atoms with Crippen LogP contribution in [-0.4, -0.2) is 104 Å². The van der Waals surface area contributed by atoms with E-state index in [0.29, 0.717) is 44.2 Å². The van der Waals surface area contributed by atoms with E-state index in [2.05, 4.69) is 50.9 Å². The average Bonchev–Trinajstić information content (AvgIpc) is 4.06. The van der Waals surface area contributed by atoms with E-state index in [9.17, 15) is 24.3 Å². The molecule has 5 heterocycles. The Bertz CT molecular complexity index is 2490. The van der Waals surface area contributed by atoms with E-state index in [1.807, 2.05) is 46.8 Å². The lowest BCUT2D eigenvalue weighted by atomic mass is 9.92. The fourth-order valence-corrected chi connectivity index (χ4v) is 9.38. The molecule has 4 amide bonds. The van der Waals surface area contributed by atoms with Gasteiger partial charge in [-0.05, 0) is 84.4 Å². The van der Waals surface area contributed by atoms with Crippen molar-refractivity contribution in [2.24, 2.45) is 17.8 Å². The molecule has 5 N–H and O–H groups in total. The van der Waals surface area contributed by atoms with Crippen LogP contribution < -0.4 is 15.4 Å². The number of hydrogen-bond donors (Lipinski definition) is 5. The van der Waals surface area contributed by atoms with E-state index in [1.165, 1.54) is 7.11 Å². The number of H-pyrrole nitrogens is 2. The smallest absolute Gasteiger partial charge is 0.407 e. The normalized spacial score (nSPS) is 20.7. The highest BCUT2D eigenvalue weighted by Gasteiger charge is 2.43. The van der Waals surface area contributed by atoms with Crippen LogP contribution in [0.5, 0.6) is 5.75 Å². The zero-order valence-electron chi connectivity index (χ0n) is 35.6. The lowest BCUT2D eigenvalue weighted by Gasteiger charge is -2.32. The largest absolute Gasteiger partial charge is 0.488 e. The first kappa shape index (κ1) is 41.6. The average molecular weight is 835 g/mol. The lowest BCUT2D eigenvalue weighted by molar-refractivity contribution is -0.137. The quantitative estimate of drug-likeness (QED) is 0.0929. The number of ether oxygens (including phenoxy) is 3. The van der Waals surface area contributed by atoms with E-state index in [4.69, 9.17) is 24.2 Å². The maximum absolute atomic E-state index is 13.9. The van der Waals surface area contributed by atoms with Gasteiger partial charge in [0.15, 0.2) is 0 Å². The first-order chi connectivity index (χ1) is 29.3. The number of carbonyl (C=O) groups excluding carboxylic acids is 3. The summed E-state index contributed by atoms with van der Waals surface area (Å²) in [4.78, 5) is 71.8. The Hall–Kier alpha value is -6.16. The van der Waals surface area contributed by atoms with Gasteiger partial charge in [0.05, 0.1) is 48.7 Å². The molecule has 3 aliphatic rings. The van der Waals surface area contributed by atoms with Gasteiger partial charge in [0.25, 0.3) is 0 Å². The van der Waals surface area contributed by atoms with Gasteiger partial charge in [-0.1, -0.05) is 45.9 Å². The Kier molecular flexibility index (Phi) is 11.4. The molecule has 61 heavy (non-hydrogen) atoms. The molecule has 0 bridgehead atoms. The maximum Gasteiger partial charge on any atom is 0.407 e. The molecule has 3 unspecified atom stereocenters. The SMILES string of the molecule is COC[C@H]1CC(c2ncc(-c3ccc4c(c3)COc3cc5c(ccc6nc(C7CC[C@H](C)N7C(=O)[C@@H](NC(=O)O)C(C)C)[nH]c65)cc3-4)[nH]2)N(C(=O)C(NC(=O)OC)C(C)C)C1. The predicted molar refractivity (Wildman–Crippen MR) is 228 cm³/mol. The molecule has 16 nitrogen and oxygen atoms in total. The number of likely N-dealkylation sites (tertiary alicyclic amines) is 2. The van der Waals surface area contributed by atoms with Gasteiger partial charge in [0, 0.05) is 36.6 Å². The first-order valence-corrected chi connectivity index (χ1v) is 21.0. The number of methoxy groups -OCH3 is 2. The third-order valence-corrected chi connectivity index (χ3v) is 12.5. The van der Waals surface area contributed by atoms with Crippen molar-refractivity contribution in [3.8, 4) is 28.1 Å². The van der Waals surface area contributed by atoms with Gasteiger partial charge in [-0.2, -0.15) is 0 Å². The molecule has 2 saturated heterocycles. The number of carboxylic acid groups (broad SMARTS) is 1. The summed E-state index contributed by atoms with van der Waals surface area (Å²) in [6.07, 6.45) is 2.07. The molecular weight excluding hydrogens is 781 g/mol. The second-order valence-corrected chi connectivity index (χ2v) is 17.3. The van der Waals surface area contributed by atoms with Crippen LogP contribution in [0.15, 0.2) is 48.7 Å². The molecule has 8 rings (SSSR count). The lowest BCUT2D eigenvalue weighted by Crippen LogP contribution is -2.52. The Morgan fingerprint density at radius 3 is 2.41 bits per heavy atom. The van der Waals surface area contributed by atoms with Crippen molar-refractivity contribution < 1.29 is 38.5 Å². The Balaban J connectivity index is 1.05. The summed E-state index contributed by atoms with van der Waals surface area (Å²) in [5.41, 5.74) is 6.42. The highest BCUT2D eigenvalue weighted by Crippen LogP contribution is 2.44. The van der Waals surface area contributed by atoms with Gasteiger partial charge >= 0.3 is 12.2 Å². The van der Waals surface area contributed by atoms with Crippen LogP contribution >= 0.6 is 0 Å². The number of nitrogens with one attached hydrogen (secondary N) is 4. The van der Waals surface area contributed by atoms with Crippen LogP contribution in [0.1, 0.15) is 83.2 Å². The van der Waals surface area contributed by atoms with Gasteiger partial charge in [0.1, 0.15) is 36.1 Å². The maximum atomic E-state index is 13.9. The van der Waals surface area contributed by atoms with Crippen molar-refractivity contribution in [2.75, 3.05) is 27.4 Å². The number of aromatic amines is 2. The van der Waals surface area contributed by atoms with Gasteiger partial charge in [-0.15, -0.1) is 0 Å². The number of rotatable bonds is 11. The van der Waals surface area contributed by atoms with Gasteiger partial charge in [-0.3, -0.25) is 9.59 Å². The third-order valence-electron chi connectivity index (χ3n) is 12.5. The number of carbonyl (C=O) groups is 4. The number of hydrogen-bond acceptors (Lipinski definition) is 9. The van der Waals surface area contributed by atoms with Crippen molar-refractivity contribution in [1.29, 1.82) is 0 Å². The Morgan fingerprint density at radius 1 is 0.918 bits per heavy atom. The van der Waals surface area contributed by atoms with E-state index >= 15 is 0 Å². The minimum atomic E-state index is -1.22. The molecule has 3 aromatic carbocycles. The molecule has 5 aromatic rings. The zero-order valence-corrected chi connectivity index (χ0v) is 35.6. The molecule has 0 radical (unpaired) electrons. The summed E-state index contributed by atoms with van der Waals surface area (Å²) >= 11 is 0. The number of nitrogens with zero attached hydrogens (tertiary/aromatic N) is 4. The third kappa shape index (κ3) is 7.84. The van der Waals surface area contributed by atoms with Gasteiger partial charge in [0.2, 0.25) is 11.8 Å². The number of benzene rings is 3. The zero-order chi connectivity index (χ0) is 43.3. The van der Waals surface area contributed by atoms with E-state index in [0.717, 1.165) is 61.9 Å². The molecule has 2 fully saturated rings. The summed E-state index contributed by atoms with van der Waals surface area (Å²) in [5, 5.41) is 16.5. The van der Waals surface area contributed by atoms with Crippen LogP contribution in [0.25, 0.3) is 44.2 Å². The summed E-state index contributed by atoms with van der Waals surface area (Å²) in [6.45, 7) is 10.8. The number of alkyl carbamates (subject to hydrolysis) is 1. The van der Waals surface area contributed by atoms with Crippen LogP contribution in [0.4, 0.5) is 9.59 Å². The topological polar surface area (TPSA) is 204 Å². The molecule has 2 aromatic heterocycles. The molecule has 0 saturated carbocycles. The predicted octanol–water partition coefficient (Wildman–Crippen LogP) is 6.93. The summed E-state index contributed by atoms with van der Waals surface area (Å²) in [6, 6.07) is 12.2. The van der Waals surface area contributed by atoms with Gasteiger partial charge in [-0.25, -0.2) is 19.6 Å². The minimum Gasteiger partial charge on any atom is -0.488 e. The van der Waals surface area contributed by atoms with Crippen LogP contribution in [0, 0.1) is 17.8 Å². The van der Waals surface area contributed by atoms with Crippen molar-refractivity contribution in [3.63, 3.8) is 0 Å². The summed E-state index contributed by atoms with van der Waals surface area (Å²) in [5.74, 6) is 1.38. The standard InChI is InChI=1S/C45H54N8O8/c1-22(2)37(51-45(58)60-7)42(54)52-19-25(20-59-6)14-35(52)40-46-18-33(48-40)27-9-11-29-28(15-27)21-61-36-17-30-26(16-31(29)36)10-12-32-39(30)49-41(47-32)34-13-8-24(5)53(34)43(55)38(23(3)4)50-44(56)57/h9-12,15-18,22-25,34-35,37-38,50H,8,13-14,19-21H2,1-7H3,(H,46,48)(H,47,49)(H,51,58)(H,56,57)/t24-,25-,34?,35?,37?,38-/m0/s1. The van der Waals surface area contributed by atoms with E-state index in [-0.39, 0.29) is 47.7 Å². The number of fused-ring (bicyclic) bond motifs is 6. The summed E-state index contributed by atoms with van der Waals surface area (Å²) < 4.78 is 16.7. The molecule has 0 spiro atoms. The highest BCUT2D eigenvalue weighted by molar-refractivity contribution is 6.07. The molecule has 6 atom stereocenters. The van der Waals surface area contributed by atoms with Gasteiger partial charge < -0.3 is 49.7 Å². The Labute approximate surface area is 353 Å². The molecule has 322 valence electrons. The molecule has 3 aliphatic heterocycles. The second-order valence-electron chi connectivity index (χ2n) is 17.3. The fourth-order valence-electron chi connectivity index (χ4n) is 9.38. The second kappa shape index (κ2) is 16.7. The van der Waals surface area contributed by atoms with E-state index in [1.54, 1.807) is 23.1 Å². The van der Waals surface area contributed by atoms with Crippen LogP contribution in [0.2, 0.25) is 0 Å². The monoisotopic (exact) mass is 834 g/mol. The fraction of sp³-hybridized carbons (Fsp3) is 0.467. The van der Waals surface area contributed by atoms with Crippen molar-refractivity contribution >= 4 is 45.8 Å². The molecule has 16 heteroatoms.